The third-order valence-electron chi connectivity index (χ3n) is 6.12. The highest BCUT2D eigenvalue weighted by atomic mass is 16.3. The number of rotatable bonds is 4. The molecule has 0 bridgehead atoms. The molecule has 0 spiro atoms. The van der Waals surface area contributed by atoms with E-state index in [1.807, 2.05) is 78.6 Å². The fraction of sp³-hybridized carbons (Fsp3) is 0.231. The number of nitrogens with zero attached hydrogens (tertiary/aromatic N) is 3. The monoisotopic (exact) mass is 474 g/mol. The first kappa shape index (κ1) is 23.9. The smallest absolute Gasteiger partial charge is 0.290 e. The van der Waals surface area contributed by atoms with Gasteiger partial charge in [0.1, 0.15) is 5.58 Å². The van der Waals surface area contributed by atoms with E-state index in [2.05, 4.69) is 15.5 Å². The Bertz CT molecular complexity index is 1260. The van der Waals surface area contributed by atoms with Crippen LogP contribution >= 0.6 is 0 Å². The molecule has 1 aliphatic heterocycles. The summed E-state index contributed by atoms with van der Waals surface area (Å²) in [6.45, 7) is 2.55. The van der Waals surface area contributed by atoms with Crippen LogP contribution in [0.25, 0.3) is 11.0 Å². The lowest BCUT2D eigenvalue weighted by molar-refractivity contribution is -0.122. The van der Waals surface area contributed by atoms with Crippen molar-refractivity contribution in [3.63, 3.8) is 0 Å². The van der Waals surface area contributed by atoms with Crippen LogP contribution in [0.15, 0.2) is 77.2 Å². The number of amides is 1. The highest BCUT2D eigenvalue weighted by molar-refractivity contribution is 5.96. The van der Waals surface area contributed by atoms with Crippen LogP contribution in [-0.2, 0) is 10.3 Å². The van der Waals surface area contributed by atoms with Crippen molar-refractivity contribution in [2.75, 3.05) is 18.0 Å². The summed E-state index contributed by atoms with van der Waals surface area (Å²) in [4.78, 5) is 23.6. The number of hydrogen-bond donors (Lipinski definition) is 3. The van der Waals surface area contributed by atoms with E-state index in [1.165, 1.54) is 0 Å². The molecule has 5 rings (SSSR count). The lowest BCUT2D eigenvalue weighted by Gasteiger charge is -2.46. The third-order valence-corrected chi connectivity index (χ3v) is 6.12. The van der Waals surface area contributed by atoms with Crippen molar-refractivity contribution >= 4 is 29.2 Å². The summed E-state index contributed by atoms with van der Waals surface area (Å²) in [6, 6.07) is 22.6. The van der Waals surface area contributed by atoms with Gasteiger partial charge >= 0.3 is 0 Å². The first-order valence-corrected chi connectivity index (χ1v) is 11.1. The number of aryl methyl sites for hydroxylation is 1. The number of piperidine rings is 1. The average Bonchev–Trinajstić information content (AvgIpc) is 3.31. The van der Waals surface area contributed by atoms with Crippen LogP contribution in [0.1, 0.15) is 28.2 Å². The van der Waals surface area contributed by atoms with Gasteiger partial charge in [0.2, 0.25) is 0 Å². The Morgan fingerprint density at radius 1 is 1.11 bits per heavy atom. The van der Waals surface area contributed by atoms with Crippen LogP contribution in [0.4, 0.5) is 5.82 Å². The molecule has 2 aromatic carbocycles. The van der Waals surface area contributed by atoms with Crippen molar-refractivity contribution in [3.05, 3.63) is 89.8 Å². The van der Waals surface area contributed by atoms with Gasteiger partial charge in [-0.3, -0.25) is 9.59 Å². The first-order chi connectivity index (χ1) is 17.0. The minimum absolute atomic E-state index is 0.223. The largest absolute Gasteiger partial charge is 0.483 e. The fourth-order valence-corrected chi connectivity index (χ4v) is 4.35. The fourth-order valence-electron chi connectivity index (χ4n) is 4.35. The van der Waals surface area contributed by atoms with Crippen LogP contribution in [0.3, 0.4) is 0 Å². The van der Waals surface area contributed by atoms with E-state index in [1.54, 1.807) is 6.07 Å². The molecule has 1 fully saturated rings. The number of nitrogens with one attached hydrogen (secondary N) is 1. The molecule has 180 valence electrons. The highest BCUT2D eigenvalue weighted by Crippen LogP contribution is 2.35. The Balaban J connectivity index is 0.000000917. The van der Waals surface area contributed by atoms with Gasteiger partial charge in [-0.15, -0.1) is 5.10 Å². The zero-order valence-corrected chi connectivity index (χ0v) is 19.2. The zero-order valence-electron chi connectivity index (χ0n) is 19.2. The van der Waals surface area contributed by atoms with Crippen molar-refractivity contribution in [1.29, 1.82) is 0 Å². The van der Waals surface area contributed by atoms with Crippen molar-refractivity contribution in [1.82, 2.24) is 15.5 Å². The molecule has 3 N–H and O–H groups in total. The lowest BCUT2D eigenvalue weighted by Crippen LogP contribution is -2.62. The summed E-state index contributed by atoms with van der Waals surface area (Å²) in [5.74, 6) is 0.577. The number of aliphatic hydroxyl groups excluding tert-OH is 1. The second-order valence-corrected chi connectivity index (χ2v) is 8.29. The molecule has 0 unspecified atom stereocenters. The van der Waals surface area contributed by atoms with Crippen molar-refractivity contribution in [3.8, 4) is 0 Å². The molecule has 1 aliphatic rings. The van der Waals surface area contributed by atoms with Gasteiger partial charge in [-0.05, 0) is 43.2 Å². The van der Waals surface area contributed by atoms with Crippen LogP contribution in [0.5, 0.6) is 0 Å². The normalized spacial score (nSPS) is 19.5. The van der Waals surface area contributed by atoms with Gasteiger partial charge in [0, 0.05) is 18.5 Å². The summed E-state index contributed by atoms with van der Waals surface area (Å²) >= 11 is 0. The molecule has 9 heteroatoms. The molecule has 0 saturated carbocycles. The Kier molecular flexibility index (Phi) is 7.07. The SMILES string of the molecule is Cc1ccc(N2CC[C@](NC(=O)c3cc4ccccc4o3)(c3ccccc3)[C@H](O)C2)nn1.O=CO. The van der Waals surface area contributed by atoms with Gasteiger partial charge in [0.15, 0.2) is 11.6 Å². The van der Waals surface area contributed by atoms with Crippen LogP contribution in [0.2, 0.25) is 0 Å². The number of furan rings is 1. The van der Waals surface area contributed by atoms with E-state index in [0.717, 1.165) is 16.6 Å². The molecule has 3 heterocycles. The van der Waals surface area contributed by atoms with Crippen molar-refractivity contribution in [2.45, 2.75) is 25.0 Å². The summed E-state index contributed by atoms with van der Waals surface area (Å²) in [5.41, 5.74) is 1.39. The van der Waals surface area contributed by atoms with Crippen molar-refractivity contribution in [2.24, 2.45) is 0 Å². The molecule has 1 saturated heterocycles. The van der Waals surface area contributed by atoms with E-state index in [0.29, 0.717) is 30.9 Å². The molecule has 0 radical (unpaired) electrons. The van der Waals surface area contributed by atoms with Crippen LogP contribution < -0.4 is 10.2 Å². The number of β-amino-alcohol motifs (C(OH)–C–C–N with tert-alkyl or cyclic N) is 1. The standard InChI is InChI=1S/C25H24N4O3.CH2O2/c1-17-11-12-23(28-27-17)29-14-13-25(22(30)16-29,19-8-3-2-4-9-19)26-24(31)21-15-18-7-5-6-10-20(18)32-21;2-1-3/h2-12,15,22,30H,13-14,16H2,1H3,(H,26,31);1H,(H,2,3)/t22-,25+;/m1./s1. The predicted octanol–water partition coefficient (Wildman–Crippen LogP) is 3.13. The van der Waals surface area contributed by atoms with Crippen LogP contribution in [-0.4, -0.2) is 52.0 Å². The van der Waals surface area contributed by atoms with E-state index >= 15 is 0 Å². The number of para-hydroxylation sites is 1. The maximum absolute atomic E-state index is 13.2. The second kappa shape index (κ2) is 10.4. The Morgan fingerprint density at radius 3 is 2.49 bits per heavy atom. The molecule has 1 amide bonds. The van der Waals surface area contributed by atoms with Gasteiger partial charge < -0.3 is 24.8 Å². The minimum atomic E-state index is -0.952. The number of fused-ring (bicyclic) bond motifs is 1. The van der Waals surface area contributed by atoms with E-state index < -0.39 is 11.6 Å². The van der Waals surface area contributed by atoms with E-state index in [4.69, 9.17) is 14.3 Å². The number of benzene rings is 2. The first-order valence-electron chi connectivity index (χ1n) is 11.1. The van der Waals surface area contributed by atoms with Gasteiger partial charge in [-0.1, -0.05) is 48.5 Å². The molecular formula is C26H26N4O5. The zero-order chi connectivity index (χ0) is 24.8. The lowest BCUT2D eigenvalue weighted by atomic mass is 9.78. The van der Waals surface area contributed by atoms with Gasteiger partial charge in [0.05, 0.1) is 17.3 Å². The average molecular weight is 475 g/mol. The Morgan fingerprint density at radius 2 is 1.83 bits per heavy atom. The highest BCUT2D eigenvalue weighted by Gasteiger charge is 2.45. The molecule has 0 aliphatic carbocycles. The van der Waals surface area contributed by atoms with Gasteiger partial charge in [-0.25, -0.2) is 0 Å². The summed E-state index contributed by atoms with van der Waals surface area (Å²) in [6.07, 6.45) is -0.366. The minimum Gasteiger partial charge on any atom is -0.483 e. The molecule has 2 atom stereocenters. The second-order valence-electron chi connectivity index (χ2n) is 8.29. The molecular weight excluding hydrogens is 448 g/mol. The topological polar surface area (TPSA) is 129 Å². The summed E-state index contributed by atoms with van der Waals surface area (Å²) in [7, 11) is 0. The quantitative estimate of drug-likeness (QED) is 0.385. The molecule has 9 nitrogen and oxygen atoms in total. The van der Waals surface area contributed by atoms with Crippen LogP contribution in [0, 0.1) is 6.92 Å². The predicted molar refractivity (Wildman–Crippen MR) is 130 cm³/mol. The number of carboxylic acid groups (broad SMARTS) is 1. The maximum atomic E-state index is 13.2. The third kappa shape index (κ3) is 4.99. The number of aromatic nitrogens is 2. The molecule has 4 aromatic rings. The summed E-state index contributed by atoms with van der Waals surface area (Å²) < 4.78 is 5.77. The molecule has 2 aromatic heterocycles. The number of carbonyl (C=O) groups excluding carboxylic acids is 1. The van der Waals surface area contributed by atoms with E-state index in [-0.39, 0.29) is 18.1 Å². The van der Waals surface area contributed by atoms with Gasteiger partial charge in [-0.2, -0.15) is 5.10 Å². The van der Waals surface area contributed by atoms with Gasteiger partial charge in [0.25, 0.3) is 12.4 Å². The Labute approximate surface area is 202 Å². The number of anilines is 1. The number of carbonyl (C=O) groups is 2. The van der Waals surface area contributed by atoms with E-state index in [9.17, 15) is 9.90 Å². The summed E-state index contributed by atoms with van der Waals surface area (Å²) in [5, 5.41) is 30.6. The molecule has 35 heavy (non-hydrogen) atoms. The van der Waals surface area contributed by atoms with Crippen molar-refractivity contribution < 1.29 is 24.2 Å². The maximum Gasteiger partial charge on any atom is 0.290 e. The number of hydrogen-bond acceptors (Lipinski definition) is 7. The Hall–Kier alpha value is -4.24. The number of aliphatic hydroxyl groups is 1.